The average molecular weight is 274 g/mol. The van der Waals surface area contributed by atoms with Gasteiger partial charge in [0, 0.05) is 18.5 Å². The van der Waals surface area contributed by atoms with E-state index in [9.17, 15) is 4.79 Å². The minimum Gasteiger partial charge on any atom is -0.481 e. The van der Waals surface area contributed by atoms with E-state index in [1.54, 1.807) is 13.3 Å². The highest BCUT2D eigenvalue weighted by Crippen LogP contribution is 2.49. The topological polar surface area (TPSA) is 42.4 Å². The van der Waals surface area contributed by atoms with E-state index in [1.807, 2.05) is 24.0 Å². The number of amides is 1. The number of anilines is 1. The molecule has 1 amide bonds. The summed E-state index contributed by atoms with van der Waals surface area (Å²) in [5, 5.41) is 0. The summed E-state index contributed by atoms with van der Waals surface area (Å²) >= 11 is 0. The van der Waals surface area contributed by atoms with Crippen LogP contribution in [0, 0.1) is 17.8 Å². The molecule has 1 heterocycles. The molecule has 3 atom stereocenters. The molecule has 2 fully saturated rings. The maximum atomic E-state index is 12.8. The molecular formula is C16H22N2O2. The molecule has 0 aromatic carbocycles. The number of hydrogen-bond donors (Lipinski definition) is 0. The number of carbonyl (C=O) groups excluding carboxylic acids is 1. The summed E-state index contributed by atoms with van der Waals surface area (Å²) in [6.07, 6.45) is 6.63. The van der Waals surface area contributed by atoms with Crippen LogP contribution >= 0.6 is 0 Å². The second-order valence-electron chi connectivity index (χ2n) is 5.92. The van der Waals surface area contributed by atoms with E-state index in [1.165, 1.54) is 19.3 Å². The van der Waals surface area contributed by atoms with Gasteiger partial charge in [-0.15, -0.1) is 0 Å². The number of rotatable bonds is 4. The van der Waals surface area contributed by atoms with E-state index in [0.29, 0.717) is 18.3 Å². The summed E-state index contributed by atoms with van der Waals surface area (Å²) in [6, 6.07) is 3.73. The number of carbonyl (C=O) groups is 1. The fourth-order valence-electron chi connectivity index (χ4n) is 3.87. The molecule has 0 saturated heterocycles. The second kappa shape index (κ2) is 5.43. The summed E-state index contributed by atoms with van der Waals surface area (Å²) < 4.78 is 5.07. The predicted molar refractivity (Wildman–Crippen MR) is 77.8 cm³/mol. The molecule has 3 rings (SSSR count). The van der Waals surface area contributed by atoms with Crippen LogP contribution in [0.25, 0.3) is 0 Å². The molecule has 1 aromatic heterocycles. The van der Waals surface area contributed by atoms with Crippen molar-refractivity contribution in [2.75, 3.05) is 18.6 Å². The normalized spacial score (nSPS) is 27.6. The highest BCUT2D eigenvalue weighted by atomic mass is 16.5. The molecular weight excluding hydrogens is 252 g/mol. The van der Waals surface area contributed by atoms with Gasteiger partial charge in [-0.05, 0) is 44.1 Å². The third kappa shape index (κ3) is 2.28. The monoisotopic (exact) mass is 274 g/mol. The molecule has 2 aliphatic rings. The van der Waals surface area contributed by atoms with Crippen molar-refractivity contribution >= 4 is 11.6 Å². The standard InChI is InChI=1S/C16H22N2O2/c1-3-18(13-6-7-15(20-2)17-10-13)16(19)14-9-11-4-5-12(14)8-11/h6-7,10-12,14H,3-5,8-9H2,1-2H3/t11-,12-,14+/m0/s1. The van der Waals surface area contributed by atoms with Crippen molar-refractivity contribution in [3.05, 3.63) is 18.3 Å². The molecule has 0 unspecified atom stereocenters. The van der Waals surface area contributed by atoms with Gasteiger partial charge in [0.05, 0.1) is 19.0 Å². The van der Waals surface area contributed by atoms with Gasteiger partial charge in [0.1, 0.15) is 0 Å². The highest BCUT2D eigenvalue weighted by molar-refractivity contribution is 5.95. The first-order chi connectivity index (χ1) is 9.72. The molecule has 0 spiro atoms. The van der Waals surface area contributed by atoms with Gasteiger partial charge >= 0.3 is 0 Å². The molecule has 4 heteroatoms. The number of pyridine rings is 1. The van der Waals surface area contributed by atoms with Gasteiger partial charge in [-0.1, -0.05) is 6.42 Å². The molecule has 0 N–H and O–H groups in total. The Balaban J connectivity index is 1.76. The number of fused-ring (bicyclic) bond motifs is 2. The first-order valence-corrected chi connectivity index (χ1v) is 7.54. The lowest BCUT2D eigenvalue weighted by molar-refractivity contribution is -0.123. The third-order valence-corrected chi connectivity index (χ3v) is 4.88. The Morgan fingerprint density at radius 1 is 1.40 bits per heavy atom. The van der Waals surface area contributed by atoms with E-state index in [-0.39, 0.29) is 11.8 Å². The van der Waals surface area contributed by atoms with Crippen LogP contribution in [0.5, 0.6) is 5.88 Å². The predicted octanol–water partition coefficient (Wildman–Crippen LogP) is 2.88. The minimum absolute atomic E-state index is 0.232. The van der Waals surface area contributed by atoms with Gasteiger partial charge in [0.15, 0.2) is 0 Å². The van der Waals surface area contributed by atoms with Gasteiger partial charge in [-0.3, -0.25) is 4.79 Å². The molecule has 2 aliphatic carbocycles. The zero-order valence-corrected chi connectivity index (χ0v) is 12.2. The number of ether oxygens (including phenoxy) is 1. The van der Waals surface area contributed by atoms with E-state index in [0.717, 1.165) is 18.0 Å². The van der Waals surface area contributed by atoms with Crippen molar-refractivity contribution in [2.24, 2.45) is 17.8 Å². The molecule has 20 heavy (non-hydrogen) atoms. The van der Waals surface area contributed by atoms with Crippen LogP contribution in [0.3, 0.4) is 0 Å². The number of aromatic nitrogens is 1. The van der Waals surface area contributed by atoms with Crippen LogP contribution < -0.4 is 9.64 Å². The zero-order valence-electron chi connectivity index (χ0n) is 12.2. The molecule has 4 nitrogen and oxygen atoms in total. The Morgan fingerprint density at radius 3 is 2.75 bits per heavy atom. The van der Waals surface area contributed by atoms with Crippen LogP contribution in [0.15, 0.2) is 18.3 Å². The number of methoxy groups -OCH3 is 1. The molecule has 108 valence electrons. The van der Waals surface area contributed by atoms with E-state index >= 15 is 0 Å². The van der Waals surface area contributed by atoms with E-state index in [2.05, 4.69) is 4.98 Å². The molecule has 0 radical (unpaired) electrons. The van der Waals surface area contributed by atoms with Crippen molar-refractivity contribution in [3.8, 4) is 5.88 Å². The smallest absolute Gasteiger partial charge is 0.230 e. The maximum Gasteiger partial charge on any atom is 0.230 e. The summed E-state index contributed by atoms with van der Waals surface area (Å²) in [7, 11) is 1.60. The van der Waals surface area contributed by atoms with E-state index in [4.69, 9.17) is 4.74 Å². The van der Waals surface area contributed by atoms with Gasteiger partial charge in [0.25, 0.3) is 0 Å². The Bertz CT molecular complexity index is 486. The Labute approximate surface area is 120 Å². The second-order valence-corrected chi connectivity index (χ2v) is 5.92. The van der Waals surface area contributed by atoms with Gasteiger partial charge in [0.2, 0.25) is 11.8 Å². The average Bonchev–Trinajstić information content (AvgIpc) is 3.11. The Hall–Kier alpha value is -1.58. The van der Waals surface area contributed by atoms with Gasteiger partial charge in [-0.2, -0.15) is 0 Å². The summed E-state index contributed by atoms with van der Waals surface area (Å²) in [5.74, 6) is 2.51. The van der Waals surface area contributed by atoms with Crippen LogP contribution in [-0.4, -0.2) is 24.5 Å². The summed E-state index contributed by atoms with van der Waals surface area (Å²) in [4.78, 5) is 18.9. The first-order valence-electron chi connectivity index (χ1n) is 7.54. The highest BCUT2D eigenvalue weighted by Gasteiger charge is 2.44. The fraction of sp³-hybridized carbons (Fsp3) is 0.625. The summed E-state index contributed by atoms with van der Waals surface area (Å²) in [6.45, 7) is 2.72. The van der Waals surface area contributed by atoms with Crippen molar-refractivity contribution < 1.29 is 9.53 Å². The molecule has 1 aromatic rings. The SMILES string of the molecule is CCN(C(=O)[C@@H]1C[C@H]2CC[C@H]1C2)c1ccc(OC)nc1. The fourth-order valence-corrected chi connectivity index (χ4v) is 3.87. The lowest BCUT2D eigenvalue weighted by atomic mass is 9.87. The lowest BCUT2D eigenvalue weighted by Gasteiger charge is -2.28. The molecule has 0 aliphatic heterocycles. The lowest BCUT2D eigenvalue weighted by Crippen LogP contribution is -2.38. The van der Waals surface area contributed by atoms with Crippen molar-refractivity contribution in [1.82, 2.24) is 4.98 Å². The maximum absolute atomic E-state index is 12.8. The zero-order chi connectivity index (χ0) is 14.1. The largest absolute Gasteiger partial charge is 0.481 e. The first kappa shape index (κ1) is 13.4. The van der Waals surface area contributed by atoms with Crippen LogP contribution in [0.1, 0.15) is 32.6 Å². The quantitative estimate of drug-likeness (QED) is 0.848. The molecule has 2 bridgehead atoms. The Morgan fingerprint density at radius 2 is 2.25 bits per heavy atom. The molecule has 2 saturated carbocycles. The van der Waals surface area contributed by atoms with E-state index < -0.39 is 0 Å². The van der Waals surface area contributed by atoms with Crippen LogP contribution in [0.2, 0.25) is 0 Å². The summed E-state index contributed by atoms with van der Waals surface area (Å²) in [5.41, 5.74) is 0.876. The third-order valence-electron chi connectivity index (χ3n) is 4.88. The van der Waals surface area contributed by atoms with Crippen molar-refractivity contribution in [2.45, 2.75) is 32.6 Å². The van der Waals surface area contributed by atoms with Crippen molar-refractivity contribution in [1.29, 1.82) is 0 Å². The number of hydrogen-bond acceptors (Lipinski definition) is 3. The van der Waals surface area contributed by atoms with Gasteiger partial charge < -0.3 is 9.64 Å². The Kier molecular flexibility index (Phi) is 3.64. The van der Waals surface area contributed by atoms with Crippen LogP contribution in [0.4, 0.5) is 5.69 Å². The van der Waals surface area contributed by atoms with Gasteiger partial charge in [-0.25, -0.2) is 4.98 Å². The van der Waals surface area contributed by atoms with Crippen LogP contribution in [-0.2, 0) is 4.79 Å². The number of nitrogens with zero attached hydrogens (tertiary/aromatic N) is 2. The van der Waals surface area contributed by atoms with Crippen molar-refractivity contribution in [3.63, 3.8) is 0 Å². The minimum atomic E-state index is 0.232.